The van der Waals surface area contributed by atoms with Gasteiger partial charge in [0.1, 0.15) is 17.3 Å². The number of ketones is 1. The van der Waals surface area contributed by atoms with E-state index >= 15 is 0 Å². The number of nitro benzene ring substituents is 1. The number of hydrogen-bond donors (Lipinski definition) is 1. The Morgan fingerprint density at radius 2 is 1.55 bits per heavy atom. The van der Waals surface area contributed by atoms with Crippen LogP contribution in [0.15, 0.2) is 42.5 Å². The van der Waals surface area contributed by atoms with Gasteiger partial charge in [0.05, 0.1) is 35.0 Å². The summed E-state index contributed by atoms with van der Waals surface area (Å²) in [6.45, 7) is 4.51. The van der Waals surface area contributed by atoms with Crippen LogP contribution in [0.5, 0.6) is 0 Å². The van der Waals surface area contributed by atoms with E-state index in [-0.39, 0.29) is 57.4 Å². The molecule has 3 aromatic rings. The zero-order chi connectivity index (χ0) is 28.0. The highest BCUT2D eigenvalue weighted by molar-refractivity contribution is 6.33. The number of aromatic nitrogens is 1. The molecule has 2 aromatic carbocycles. The van der Waals surface area contributed by atoms with Crippen molar-refractivity contribution >= 4 is 41.0 Å². The Balaban J connectivity index is 1.91. The first kappa shape index (κ1) is 28.1. The minimum atomic E-state index is -0.905. The summed E-state index contributed by atoms with van der Waals surface area (Å²) in [6, 6.07) is 9.32. The molecule has 0 radical (unpaired) electrons. The molecule has 0 saturated heterocycles. The summed E-state index contributed by atoms with van der Waals surface area (Å²) in [5.41, 5.74) is -0.256. The summed E-state index contributed by atoms with van der Waals surface area (Å²) in [7, 11) is 0. The molecule has 0 bridgehead atoms. The molecule has 0 unspecified atom stereocenters. The fraction of sp³-hybridized carbons (Fsp3) is 0.231. The predicted molar refractivity (Wildman–Crippen MR) is 135 cm³/mol. The molecule has 198 valence electrons. The average Bonchev–Trinajstić information content (AvgIpc) is 3.23. The highest BCUT2D eigenvalue weighted by Crippen LogP contribution is 2.27. The average molecular weight is 543 g/mol. The third-order valence-electron chi connectivity index (χ3n) is 5.43. The van der Waals surface area contributed by atoms with Crippen molar-refractivity contribution in [2.24, 2.45) is 0 Å². The molecule has 0 aliphatic heterocycles. The molecule has 12 heteroatoms. The van der Waals surface area contributed by atoms with Gasteiger partial charge in [-0.25, -0.2) is 14.4 Å². The van der Waals surface area contributed by atoms with E-state index in [0.29, 0.717) is 0 Å². The van der Waals surface area contributed by atoms with Crippen molar-refractivity contribution in [1.29, 1.82) is 0 Å². The van der Waals surface area contributed by atoms with Crippen molar-refractivity contribution in [3.63, 3.8) is 0 Å². The number of nitrogens with zero attached hydrogens (tertiary/aromatic N) is 1. The van der Waals surface area contributed by atoms with Crippen LogP contribution in [0.2, 0.25) is 5.02 Å². The lowest BCUT2D eigenvalue weighted by atomic mass is 9.98. The molecule has 0 amide bonds. The minimum Gasteiger partial charge on any atom is -0.462 e. The maximum atomic E-state index is 13.1. The van der Waals surface area contributed by atoms with Crippen LogP contribution in [-0.2, 0) is 20.8 Å². The van der Waals surface area contributed by atoms with Crippen LogP contribution in [-0.4, -0.2) is 46.8 Å². The molecule has 0 aliphatic carbocycles. The molecule has 0 atom stereocenters. The van der Waals surface area contributed by atoms with Gasteiger partial charge in [0.15, 0.2) is 5.78 Å². The first-order valence-electron chi connectivity index (χ1n) is 11.4. The van der Waals surface area contributed by atoms with Crippen LogP contribution in [0.25, 0.3) is 0 Å². The van der Waals surface area contributed by atoms with Gasteiger partial charge in [0.25, 0.3) is 5.69 Å². The molecule has 3 rings (SSSR count). The largest absolute Gasteiger partial charge is 0.462 e. The smallest absolute Gasteiger partial charge is 0.355 e. The highest BCUT2D eigenvalue weighted by Gasteiger charge is 2.27. The summed E-state index contributed by atoms with van der Waals surface area (Å²) in [5, 5.41) is 11.1. The zero-order valence-electron chi connectivity index (χ0n) is 20.7. The number of esters is 3. The lowest BCUT2D eigenvalue weighted by Crippen LogP contribution is -2.14. The number of ether oxygens (including phenoxy) is 3. The number of H-pyrrole nitrogens is 1. The van der Waals surface area contributed by atoms with Crippen molar-refractivity contribution < 1.29 is 38.3 Å². The number of rotatable bonds is 10. The topological polar surface area (TPSA) is 155 Å². The van der Waals surface area contributed by atoms with Gasteiger partial charge in [0.2, 0.25) is 0 Å². The Morgan fingerprint density at radius 3 is 2.18 bits per heavy atom. The first-order valence-corrected chi connectivity index (χ1v) is 11.8. The van der Waals surface area contributed by atoms with Gasteiger partial charge < -0.3 is 19.2 Å². The van der Waals surface area contributed by atoms with Crippen LogP contribution in [0.1, 0.15) is 72.2 Å². The van der Waals surface area contributed by atoms with E-state index < -0.39 is 40.9 Å². The van der Waals surface area contributed by atoms with Gasteiger partial charge >= 0.3 is 17.9 Å². The van der Waals surface area contributed by atoms with Crippen molar-refractivity contribution in [2.75, 3.05) is 13.2 Å². The monoisotopic (exact) mass is 542 g/mol. The van der Waals surface area contributed by atoms with Gasteiger partial charge in [-0.1, -0.05) is 29.8 Å². The van der Waals surface area contributed by atoms with Crippen LogP contribution in [0.4, 0.5) is 5.69 Å². The number of halogens is 1. The molecule has 38 heavy (non-hydrogen) atoms. The third kappa shape index (κ3) is 5.89. The summed E-state index contributed by atoms with van der Waals surface area (Å²) < 4.78 is 15.5. The maximum absolute atomic E-state index is 13.1. The quantitative estimate of drug-likeness (QED) is 0.125. The number of nitro groups is 1. The van der Waals surface area contributed by atoms with E-state index in [1.54, 1.807) is 13.8 Å². The van der Waals surface area contributed by atoms with E-state index in [9.17, 15) is 29.3 Å². The molecule has 1 aromatic heterocycles. The Hall–Kier alpha value is -4.51. The summed E-state index contributed by atoms with van der Waals surface area (Å²) in [4.78, 5) is 64.3. The van der Waals surface area contributed by atoms with Crippen LogP contribution >= 0.6 is 11.6 Å². The molecular formula is C26H23ClN2O9. The molecule has 0 spiro atoms. The number of hydrogen-bond acceptors (Lipinski definition) is 9. The Bertz CT molecular complexity index is 1430. The zero-order valence-corrected chi connectivity index (χ0v) is 21.4. The minimum absolute atomic E-state index is 0.0147. The van der Waals surface area contributed by atoms with Crippen molar-refractivity contribution in [2.45, 2.75) is 27.4 Å². The summed E-state index contributed by atoms with van der Waals surface area (Å²) in [6.07, 6.45) is 0. The highest BCUT2D eigenvalue weighted by atomic mass is 35.5. The van der Waals surface area contributed by atoms with E-state index in [1.807, 2.05) is 0 Å². The number of aromatic amines is 1. The molecule has 0 fully saturated rings. The predicted octanol–water partition coefficient (Wildman–Crippen LogP) is 4.83. The number of benzene rings is 2. The lowest BCUT2D eigenvalue weighted by molar-refractivity contribution is -0.384. The normalized spacial score (nSPS) is 10.5. The summed E-state index contributed by atoms with van der Waals surface area (Å²) >= 11 is 5.84. The standard InChI is InChI=1S/C26H23ClN2O9/c1-4-36-25(32)21-14(3)22(26(33)37-5-2)28-19(21)13-38-24(31)17-9-7-6-8-16(17)23(30)15-10-11-18(27)20(12-15)29(34)35/h6-12,28H,4-5,13H2,1-3H3. The number of carbonyl (C=O) groups is 4. The van der Waals surface area contributed by atoms with Gasteiger partial charge in [-0.15, -0.1) is 0 Å². The molecule has 0 aliphatic rings. The molecule has 1 heterocycles. The molecule has 0 saturated carbocycles. The van der Waals surface area contributed by atoms with Crippen molar-refractivity contribution in [1.82, 2.24) is 4.98 Å². The first-order chi connectivity index (χ1) is 18.1. The molecule has 11 nitrogen and oxygen atoms in total. The fourth-order valence-corrected chi connectivity index (χ4v) is 3.86. The number of nitrogens with one attached hydrogen (secondary N) is 1. The van der Waals surface area contributed by atoms with Gasteiger partial charge in [0, 0.05) is 17.2 Å². The SMILES string of the molecule is CCOC(=O)c1[nH]c(COC(=O)c2ccccc2C(=O)c2ccc(Cl)c([N+](=O)[O-])c2)c(C(=O)OCC)c1C. The van der Waals surface area contributed by atoms with E-state index in [0.717, 1.165) is 6.07 Å². The Labute approximate surface area is 221 Å². The second-order valence-electron chi connectivity index (χ2n) is 7.79. The van der Waals surface area contributed by atoms with E-state index in [4.69, 9.17) is 25.8 Å². The maximum Gasteiger partial charge on any atom is 0.355 e. The molecule has 1 N–H and O–H groups in total. The van der Waals surface area contributed by atoms with E-state index in [2.05, 4.69) is 4.98 Å². The lowest BCUT2D eigenvalue weighted by Gasteiger charge is -2.10. The van der Waals surface area contributed by atoms with Crippen LogP contribution in [0, 0.1) is 17.0 Å². The van der Waals surface area contributed by atoms with Crippen molar-refractivity contribution in [3.8, 4) is 0 Å². The second kappa shape index (κ2) is 12.2. The second-order valence-corrected chi connectivity index (χ2v) is 8.20. The molecular weight excluding hydrogens is 520 g/mol. The van der Waals surface area contributed by atoms with Gasteiger partial charge in [-0.2, -0.15) is 0 Å². The number of carbonyl (C=O) groups excluding carboxylic acids is 4. The van der Waals surface area contributed by atoms with E-state index in [1.165, 1.54) is 43.3 Å². The third-order valence-corrected chi connectivity index (χ3v) is 5.75. The van der Waals surface area contributed by atoms with Crippen molar-refractivity contribution in [3.05, 3.63) is 96.8 Å². The fourth-order valence-electron chi connectivity index (χ4n) is 3.68. The van der Waals surface area contributed by atoms with Crippen LogP contribution < -0.4 is 0 Å². The Morgan fingerprint density at radius 1 is 0.921 bits per heavy atom. The van der Waals surface area contributed by atoms with Gasteiger partial charge in [-0.3, -0.25) is 14.9 Å². The summed E-state index contributed by atoms with van der Waals surface area (Å²) in [5.74, 6) is -2.98. The Kier molecular flexibility index (Phi) is 8.98. The van der Waals surface area contributed by atoms with Crippen LogP contribution in [0.3, 0.4) is 0 Å². The van der Waals surface area contributed by atoms with Gasteiger partial charge in [-0.05, 0) is 44.5 Å².